The molecule has 1 atom stereocenters. The predicted octanol–water partition coefficient (Wildman–Crippen LogP) is 8.38. The van der Waals surface area contributed by atoms with Gasteiger partial charge in [0.25, 0.3) is 25.8 Å². The minimum atomic E-state index is -6.02. The molecular weight excluding hydrogens is 844 g/mol. The lowest BCUT2D eigenvalue weighted by Gasteiger charge is -2.39. The van der Waals surface area contributed by atoms with Crippen LogP contribution >= 0.6 is 11.8 Å². The van der Waals surface area contributed by atoms with E-state index in [4.69, 9.17) is 0 Å². The zero-order valence-corrected chi connectivity index (χ0v) is 37.3. The number of carbonyl (C=O) groups is 1. The molecular formula is C45H54F3N5O5S3. The Labute approximate surface area is 362 Å². The van der Waals surface area contributed by atoms with Gasteiger partial charge in [-0.25, -0.2) is 21.6 Å². The third-order valence-electron chi connectivity index (χ3n) is 11.2. The summed E-state index contributed by atoms with van der Waals surface area (Å²) in [6.45, 7) is 11.3. The molecule has 3 N–H and O–H groups in total. The van der Waals surface area contributed by atoms with E-state index < -0.39 is 52.8 Å². The molecule has 1 amide bonds. The van der Waals surface area contributed by atoms with Gasteiger partial charge in [0.1, 0.15) is 4.90 Å². The van der Waals surface area contributed by atoms with Crippen molar-refractivity contribution in [2.75, 3.05) is 62.3 Å². The topological polar surface area (TPSA) is 128 Å². The van der Waals surface area contributed by atoms with Gasteiger partial charge in [-0.3, -0.25) is 9.69 Å². The molecule has 0 aromatic heterocycles. The fourth-order valence-corrected chi connectivity index (χ4v) is 10.8. The number of allylic oxidation sites excluding steroid dienone is 1. The second kappa shape index (κ2) is 19.4. The van der Waals surface area contributed by atoms with Gasteiger partial charge in [0.2, 0.25) is 0 Å². The summed E-state index contributed by atoms with van der Waals surface area (Å²) in [5.74, 6) is -0.647. The molecule has 1 aliphatic heterocycles. The molecule has 0 unspecified atom stereocenters. The number of nitrogens with zero attached hydrogens (tertiary/aromatic N) is 2. The predicted molar refractivity (Wildman–Crippen MR) is 238 cm³/mol. The van der Waals surface area contributed by atoms with Crippen LogP contribution in [-0.4, -0.2) is 91.3 Å². The van der Waals surface area contributed by atoms with Gasteiger partial charge in [0, 0.05) is 60.7 Å². The monoisotopic (exact) mass is 897 g/mol. The summed E-state index contributed by atoms with van der Waals surface area (Å²) in [5, 5.41) is 5.89. The number of alkyl halides is 3. The van der Waals surface area contributed by atoms with Crippen molar-refractivity contribution < 1.29 is 34.8 Å². The smallest absolute Gasteiger partial charge is 0.380 e. The minimum Gasteiger partial charge on any atom is -0.380 e. The molecule has 16 heteroatoms. The number of hydrogen-bond donors (Lipinski definition) is 3. The van der Waals surface area contributed by atoms with Crippen LogP contribution in [0.15, 0.2) is 117 Å². The summed E-state index contributed by atoms with van der Waals surface area (Å²) >= 11 is 1.43. The van der Waals surface area contributed by atoms with Crippen molar-refractivity contribution in [3.05, 3.63) is 119 Å². The molecule has 2 aliphatic rings. The summed E-state index contributed by atoms with van der Waals surface area (Å²) in [4.78, 5) is 16.8. The zero-order chi connectivity index (χ0) is 44.0. The van der Waals surface area contributed by atoms with E-state index in [0.29, 0.717) is 24.8 Å². The molecule has 1 aliphatic carbocycles. The summed E-state index contributed by atoms with van der Waals surface area (Å²) in [5.41, 5.74) is 0.471. The van der Waals surface area contributed by atoms with Crippen LogP contribution in [0.3, 0.4) is 0 Å². The first-order chi connectivity index (χ1) is 28.8. The largest absolute Gasteiger partial charge is 0.501 e. The zero-order valence-electron chi connectivity index (χ0n) is 34.9. The van der Waals surface area contributed by atoms with Gasteiger partial charge in [-0.2, -0.15) is 13.2 Å². The lowest BCUT2D eigenvalue weighted by Crippen LogP contribution is -2.47. The highest BCUT2D eigenvalue weighted by Gasteiger charge is 2.48. The lowest BCUT2D eigenvalue weighted by molar-refractivity contribution is -0.0435. The third kappa shape index (κ3) is 11.8. The highest BCUT2D eigenvalue weighted by atomic mass is 32.2. The summed E-state index contributed by atoms with van der Waals surface area (Å²) in [6.07, 6.45) is 3.68. The van der Waals surface area contributed by atoms with Crippen molar-refractivity contribution in [1.82, 2.24) is 14.9 Å². The van der Waals surface area contributed by atoms with Crippen molar-refractivity contribution in [2.24, 2.45) is 5.41 Å². The standard InChI is InChI=1S/C45H54F3N5O5S3/c1-32-10-12-33(13-11-32)40-20-22-44(2,3)29-35(40)30-52-24-26-53(27-25-52)37-16-14-34(15-17-37)43(54)51-61(57,58)39-18-19-41(42(28-39)60(55,56)45(46,47)48)50-36(21-23-49-4)31-59-38-8-6-5-7-9-38/h5-19,28,36,49-50H,20-27,29-31H2,1-4H3,(H,51,54)/t36-/m1/s1. The Morgan fingerprint density at radius 1 is 0.885 bits per heavy atom. The average molecular weight is 898 g/mol. The quantitative estimate of drug-likeness (QED) is 0.0945. The first kappa shape index (κ1) is 46.2. The van der Waals surface area contributed by atoms with Crippen molar-refractivity contribution in [3.8, 4) is 0 Å². The normalized spacial score (nSPS) is 16.9. The molecule has 1 heterocycles. The molecule has 0 radical (unpaired) electrons. The number of aryl methyl sites for hydroxylation is 1. The van der Waals surface area contributed by atoms with Gasteiger partial charge >= 0.3 is 5.51 Å². The van der Waals surface area contributed by atoms with Crippen molar-refractivity contribution in [2.45, 2.75) is 72.7 Å². The van der Waals surface area contributed by atoms with Crippen molar-refractivity contribution >= 4 is 54.5 Å². The van der Waals surface area contributed by atoms with Crippen molar-refractivity contribution in [1.29, 1.82) is 0 Å². The Bertz CT molecular complexity index is 2400. The Morgan fingerprint density at radius 2 is 1.56 bits per heavy atom. The second-order valence-corrected chi connectivity index (χ2v) is 21.2. The van der Waals surface area contributed by atoms with Gasteiger partial charge in [-0.15, -0.1) is 11.8 Å². The fraction of sp³-hybridized carbons (Fsp3) is 0.400. The van der Waals surface area contributed by atoms with Gasteiger partial charge in [-0.1, -0.05) is 67.4 Å². The van der Waals surface area contributed by atoms with Crippen molar-refractivity contribution in [3.63, 3.8) is 0 Å². The van der Waals surface area contributed by atoms with Gasteiger partial charge in [0.15, 0.2) is 0 Å². The van der Waals surface area contributed by atoms with E-state index in [2.05, 4.69) is 65.5 Å². The first-order valence-electron chi connectivity index (χ1n) is 20.3. The van der Waals surface area contributed by atoms with E-state index in [9.17, 15) is 34.8 Å². The van der Waals surface area contributed by atoms with Crippen LogP contribution in [0.1, 0.15) is 61.0 Å². The molecule has 61 heavy (non-hydrogen) atoms. The molecule has 4 aromatic rings. The number of anilines is 2. The maximum atomic E-state index is 14.0. The van der Waals surface area contributed by atoms with E-state index in [1.165, 1.54) is 46.2 Å². The SMILES string of the molecule is CNCC[C@H](CSc1ccccc1)Nc1ccc(S(=O)(=O)NC(=O)c2ccc(N3CCN(CC4=C(c5ccc(C)cc5)CCC(C)(C)C4)CC3)cc2)cc1S(=O)(=O)C(F)(F)F. The highest BCUT2D eigenvalue weighted by Crippen LogP contribution is 2.43. The molecule has 10 nitrogen and oxygen atoms in total. The molecule has 6 rings (SSSR count). The highest BCUT2D eigenvalue weighted by molar-refractivity contribution is 7.99. The van der Waals surface area contributed by atoms with Crippen LogP contribution < -0.4 is 20.3 Å². The molecule has 4 aromatic carbocycles. The summed E-state index contributed by atoms with van der Waals surface area (Å²) in [7, 11) is -9.13. The molecule has 1 saturated heterocycles. The van der Waals surface area contributed by atoms with E-state index >= 15 is 0 Å². The van der Waals surface area contributed by atoms with Crippen LogP contribution in [-0.2, 0) is 19.9 Å². The van der Waals surface area contributed by atoms with Gasteiger partial charge in [-0.05, 0) is 117 Å². The fourth-order valence-electron chi connectivity index (χ4n) is 7.75. The van der Waals surface area contributed by atoms with Crippen LogP contribution in [0, 0.1) is 12.3 Å². The summed E-state index contributed by atoms with van der Waals surface area (Å²) in [6, 6.07) is 26.4. The molecule has 328 valence electrons. The van der Waals surface area contributed by atoms with Crippen LogP contribution in [0.2, 0.25) is 0 Å². The number of halogens is 3. The van der Waals surface area contributed by atoms with Crippen LogP contribution in [0.25, 0.3) is 5.57 Å². The van der Waals surface area contributed by atoms with Crippen LogP contribution in [0.4, 0.5) is 24.5 Å². The second-order valence-electron chi connectivity index (χ2n) is 16.5. The lowest BCUT2D eigenvalue weighted by atomic mass is 9.72. The van der Waals surface area contributed by atoms with E-state index in [0.717, 1.165) is 74.7 Å². The Morgan fingerprint density at radius 3 is 2.20 bits per heavy atom. The number of amides is 1. The number of hydrogen-bond acceptors (Lipinski definition) is 10. The minimum absolute atomic E-state index is 0.00570. The van der Waals surface area contributed by atoms with Crippen LogP contribution in [0.5, 0.6) is 0 Å². The number of carbonyl (C=O) groups excluding carboxylic acids is 1. The average Bonchev–Trinajstić information content (AvgIpc) is 3.22. The number of rotatable bonds is 16. The number of thioether (sulfide) groups is 1. The van der Waals surface area contributed by atoms with Gasteiger partial charge < -0.3 is 15.5 Å². The number of sulfone groups is 1. The molecule has 0 saturated carbocycles. The summed E-state index contributed by atoms with van der Waals surface area (Å²) < 4.78 is 96.6. The number of benzene rings is 4. The van der Waals surface area contributed by atoms with E-state index in [1.54, 1.807) is 19.2 Å². The Hall–Kier alpha value is -4.35. The van der Waals surface area contributed by atoms with Gasteiger partial charge in [0.05, 0.1) is 10.6 Å². The molecule has 0 spiro atoms. The number of nitrogens with one attached hydrogen (secondary N) is 3. The maximum absolute atomic E-state index is 14.0. The maximum Gasteiger partial charge on any atom is 0.501 e. The number of sulfonamides is 1. The molecule has 1 fully saturated rings. The Balaban J connectivity index is 1.12. The number of piperazine rings is 1. The third-order valence-corrected chi connectivity index (χ3v) is 15.3. The Kier molecular flexibility index (Phi) is 14.7. The van der Waals surface area contributed by atoms with E-state index in [1.807, 2.05) is 35.1 Å². The molecule has 0 bridgehead atoms. The van der Waals surface area contributed by atoms with E-state index in [-0.39, 0.29) is 11.0 Å². The first-order valence-corrected chi connectivity index (χ1v) is 24.3.